The van der Waals surface area contributed by atoms with Crippen molar-refractivity contribution in [3.05, 3.63) is 0 Å². The quantitative estimate of drug-likeness (QED) is 0.840. The topological polar surface area (TPSA) is 35.6 Å². The molecule has 0 radical (unpaired) electrons. The van der Waals surface area contributed by atoms with Gasteiger partial charge in [0, 0.05) is 31.7 Å². The van der Waals surface area contributed by atoms with Crippen LogP contribution in [-0.4, -0.2) is 60.5 Å². The van der Waals surface area contributed by atoms with Crippen molar-refractivity contribution in [3.8, 4) is 0 Å². The van der Waals surface area contributed by atoms with E-state index in [1.807, 2.05) is 0 Å². The first kappa shape index (κ1) is 15.3. The van der Waals surface area contributed by atoms with Crippen LogP contribution >= 0.6 is 0 Å². The van der Waals surface area contributed by atoms with E-state index in [1.54, 1.807) is 0 Å². The Bertz CT molecular complexity index is 356. The van der Waals surface area contributed by atoms with Crippen molar-refractivity contribution in [2.45, 2.75) is 64.0 Å². The minimum Gasteiger partial charge on any atom is -0.341 e. The van der Waals surface area contributed by atoms with Gasteiger partial charge in [0.05, 0.1) is 6.54 Å². The second kappa shape index (κ2) is 7.10. The van der Waals surface area contributed by atoms with E-state index in [1.165, 1.54) is 58.0 Å². The Balaban J connectivity index is 1.44. The highest BCUT2D eigenvalue weighted by atomic mass is 16.2. The summed E-state index contributed by atoms with van der Waals surface area (Å²) in [6, 6.07) is 1.37. The lowest BCUT2D eigenvalue weighted by Gasteiger charge is -2.39. The number of nitrogens with zero attached hydrogens (tertiary/aromatic N) is 2. The molecule has 3 fully saturated rings. The van der Waals surface area contributed by atoms with E-state index in [9.17, 15) is 4.79 Å². The van der Waals surface area contributed by atoms with Crippen molar-refractivity contribution in [2.24, 2.45) is 5.92 Å². The van der Waals surface area contributed by atoms with Crippen LogP contribution in [0.5, 0.6) is 0 Å². The summed E-state index contributed by atoms with van der Waals surface area (Å²) in [5.41, 5.74) is 0. The maximum absolute atomic E-state index is 12.3. The molecule has 1 saturated carbocycles. The molecule has 0 aromatic carbocycles. The smallest absolute Gasteiger partial charge is 0.236 e. The first-order valence-electron chi connectivity index (χ1n) is 8.97. The first-order chi connectivity index (χ1) is 10.2. The minimum atomic E-state index is 0.318. The van der Waals surface area contributed by atoms with E-state index in [2.05, 4.69) is 22.0 Å². The van der Waals surface area contributed by atoms with Crippen LogP contribution in [0, 0.1) is 5.92 Å². The van der Waals surface area contributed by atoms with Gasteiger partial charge in [0.2, 0.25) is 5.91 Å². The second-order valence-electron chi connectivity index (χ2n) is 7.34. The summed E-state index contributed by atoms with van der Waals surface area (Å²) >= 11 is 0. The number of hydrogen-bond donors (Lipinski definition) is 1. The molecule has 2 unspecified atom stereocenters. The third-order valence-corrected chi connectivity index (χ3v) is 5.42. The Kier molecular flexibility index (Phi) is 5.17. The van der Waals surface area contributed by atoms with Crippen LogP contribution in [0.4, 0.5) is 0 Å². The maximum atomic E-state index is 12.3. The van der Waals surface area contributed by atoms with Crippen molar-refractivity contribution >= 4 is 5.91 Å². The molecule has 1 amide bonds. The lowest BCUT2D eigenvalue weighted by atomic mass is 9.94. The Hall–Kier alpha value is -0.610. The molecule has 21 heavy (non-hydrogen) atoms. The summed E-state index contributed by atoms with van der Waals surface area (Å²) in [6.07, 6.45) is 9.07. The average molecular weight is 293 g/mol. The lowest BCUT2D eigenvalue weighted by molar-refractivity contribution is -0.132. The summed E-state index contributed by atoms with van der Waals surface area (Å²) in [5, 5.41) is 3.36. The fraction of sp³-hybridized carbons (Fsp3) is 0.941. The van der Waals surface area contributed by atoms with Gasteiger partial charge in [-0.15, -0.1) is 0 Å². The van der Waals surface area contributed by atoms with E-state index < -0.39 is 0 Å². The fourth-order valence-corrected chi connectivity index (χ4v) is 3.83. The lowest BCUT2D eigenvalue weighted by Crippen LogP contribution is -2.48. The Morgan fingerprint density at radius 1 is 1.10 bits per heavy atom. The fourth-order valence-electron chi connectivity index (χ4n) is 3.83. The Morgan fingerprint density at radius 2 is 1.95 bits per heavy atom. The molecule has 4 heteroatoms. The Morgan fingerprint density at radius 3 is 2.71 bits per heavy atom. The zero-order chi connectivity index (χ0) is 14.7. The monoisotopic (exact) mass is 293 g/mol. The maximum Gasteiger partial charge on any atom is 0.236 e. The molecule has 1 aliphatic carbocycles. The van der Waals surface area contributed by atoms with E-state index in [4.69, 9.17) is 0 Å². The largest absolute Gasteiger partial charge is 0.341 e. The van der Waals surface area contributed by atoms with E-state index in [0.717, 1.165) is 19.1 Å². The third-order valence-electron chi connectivity index (χ3n) is 5.42. The van der Waals surface area contributed by atoms with Gasteiger partial charge in [-0.25, -0.2) is 0 Å². The number of carbonyl (C=O) groups excluding carboxylic acids is 1. The van der Waals surface area contributed by atoms with Crippen LogP contribution in [-0.2, 0) is 4.79 Å². The van der Waals surface area contributed by atoms with Crippen LogP contribution in [0.2, 0.25) is 0 Å². The normalized spacial score (nSPS) is 31.4. The summed E-state index contributed by atoms with van der Waals surface area (Å²) < 4.78 is 0. The minimum absolute atomic E-state index is 0.318. The van der Waals surface area contributed by atoms with Crippen molar-refractivity contribution < 1.29 is 4.79 Å². The summed E-state index contributed by atoms with van der Waals surface area (Å²) in [7, 11) is 0. The van der Waals surface area contributed by atoms with Crippen molar-refractivity contribution in [1.82, 2.24) is 15.1 Å². The predicted octanol–water partition coefficient (Wildman–Crippen LogP) is 1.85. The molecule has 120 valence electrons. The van der Waals surface area contributed by atoms with E-state index in [-0.39, 0.29) is 0 Å². The molecule has 2 saturated heterocycles. The van der Waals surface area contributed by atoms with Gasteiger partial charge in [-0.3, -0.25) is 4.79 Å². The number of amides is 1. The van der Waals surface area contributed by atoms with Crippen LogP contribution in [0.15, 0.2) is 0 Å². The highest BCUT2D eigenvalue weighted by Gasteiger charge is 2.28. The number of carbonyl (C=O) groups is 1. The van der Waals surface area contributed by atoms with Crippen molar-refractivity contribution in [1.29, 1.82) is 0 Å². The van der Waals surface area contributed by atoms with Gasteiger partial charge < -0.3 is 15.1 Å². The first-order valence-corrected chi connectivity index (χ1v) is 8.97. The molecule has 2 aliphatic heterocycles. The van der Waals surface area contributed by atoms with Crippen LogP contribution in [0.1, 0.15) is 51.9 Å². The number of rotatable bonds is 5. The van der Waals surface area contributed by atoms with E-state index in [0.29, 0.717) is 24.4 Å². The van der Waals surface area contributed by atoms with Gasteiger partial charge in [-0.05, 0) is 57.9 Å². The third kappa shape index (κ3) is 4.43. The number of piperidine rings is 2. The molecule has 0 bridgehead atoms. The molecule has 0 aromatic rings. The molecule has 0 spiro atoms. The molecule has 3 rings (SSSR count). The van der Waals surface area contributed by atoms with Gasteiger partial charge in [0.15, 0.2) is 0 Å². The number of nitrogens with one attached hydrogen (secondary N) is 1. The van der Waals surface area contributed by atoms with Gasteiger partial charge >= 0.3 is 0 Å². The Labute approximate surface area is 129 Å². The molecule has 4 nitrogen and oxygen atoms in total. The van der Waals surface area contributed by atoms with Crippen LogP contribution in [0.25, 0.3) is 0 Å². The summed E-state index contributed by atoms with van der Waals surface area (Å²) in [4.78, 5) is 17.0. The molecule has 0 aromatic heterocycles. The van der Waals surface area contributed by atoms with Crippen molar-refractivity contribution in [2.75, 3.05) is 32.7 Å². The van der Waals surface area contributed by atoms with Gasteiger partial charge in [0.1, 0.15) is 0 Å². The highest BCUT2D eigenvalue weighted by Crippen LogP contribution is 2.23. The molecular formula is C17H31N3O. The average Bonchev–Trinajstić information content (AvgIpc) is 3.32. The molecular weight excluding hydrogens is 262 g/mol. The van der Waals surface area contributed by atoms with Gasteiger partial charge in [-0.1, -0.05) is 6.42 Å². The standard InChI is InChI=1S/C17H31N3O/c1-14-5-2-3-9-19(14)12-15-6-4-10-20(13-15)17(21)11-18-16-7-8-16/h14-16,18H,2-13H2,1H3. The van der Waals surface area contributed by atoms with E-state index >= 15 is 0 Å². The van der Waals surface area contributed by atoms with Gasteiger partial charge in [0.25, 0.3) is 0 Å². The number of hydrogen-bond acceptors (Lipinski definition) is 3. The predicted molar refractivity (Wildman–Crippen MR) is 85.2 cm³/mol. The molecule has 3 aliphatic rings. The van der Waals surface area contributed by atoms with Crippen molar-refractivity contribution in [3.63, 3.8) is 0 Å². The molecule has 2 atom stereocenters. The van der Waals surface area contributed by atoms with Gasteiger partial charge in [-0.2, -0.15) is 0 Å². The zero-order valence-corrected chi connectivity index (χ0v) is 13.5. The molecule has 2 heterocycles. The summed E-state index contributed by atoms with van der Waals surface area (Å²) in [6.45, 7) is 7.32. The van der Waals surface area contributed by atoms with Crippen LogP contribution < -0.4 is 5.32 Å². The highest BCUT2D eigenvalue weighted by molar-refractivity contribution is 5.78. The summed E-state index contributed by atoms with van der Waals surface area (Å²) in [5.74, 6) is 1.00. The number of likely N-dealkylation sites (tertiary alicyclic amines) is 2. The molecule has 1 N–H and O–H groups in total. The zero-order valence-electron chi connectivity index (χ0n) is 13.5. The van der Waals surface area contributed by atoms with Crippen LogP contribution in [0.3, 0.4) is 0 Å². The SMILES string of the molecule is CC1CCCCN1CC1CCCN(C(=O)CNC2CC2)C1. The second-order valence-corrected chi connectivity index (χ2v) is 7.34.